The number of guanidine groups is 1. The Morgan fingerprint density at radius 1 is 1.22 bits per heavy atom. The lowest BCUT2D eigenvalue weighted by Gasteiger charge is -2.27. The molecule has 6 heteroatoms. The van der Waals surface area contributed by atoms with Crippen LogP contribution in [-0.4, -0.2) is 34.3 Å². The van der Waals surface area contributed by atoms with E-state index < -0.39 is 0 Å². The van der Waals surface area contributed by atoms with Crippen molar-refractivity contribution in [2.45, 2.75) is 32.7 Å². The van der Waals surface area contributed by atoms with Gasteiger partial charge in [0.15, 0.2) is 5.96 Å². The first-order chi connectivity index (χ1) is 10.9. The average molecular weight is 314 g/mol. The summed E-state index contributed by atoms with van der Waals surface area (Å²) in [7, 11) is 3.64. The van der Waals surface area contributed by atoms with Gasteiger partial charge in [-0.25, -0.2) is 4.98 Å². The maximum Gasteiger partial charge on any atom is 0.191 e. The van der Waals surface area contributed by atoms with Crippen LogP contribution in [0.4, 0.5) is 0 Å². The summed E-state index contributed by atoms with van der Waals surface area (Å²) in [4.78, 5) is 8.46. The lowest BCUT2D eigenvalue weighted by atomic mass is 9.84. The summed E-state index contributed by atoms with van der Waals surface area (Å²) in [6.45, 7) is 7.92. The molecule has 0 bridgehead atoms. The van der Waals surface area contributed by atoms with Crippen LogP contribution in [0.1, 0.15) is 30.8 Å². The van der Waals surface area contributed by atoms with Crippen molar-refractivity contribution >= 4 is 5.96 Å². The molecule has 0 aliphatic carbocycles. The second kappa shape index (κ2) is 7.26. The first kappa shape index (κ1) is 17.0. The van der Waals surface area contributed by atoms with Crippen molar-refractivity contribution in [2.24, 2.45) is 12.0 Å². The van der Waals surface area contributed by atoms with Crippen LogP contribution in [0.2, 0.25) is 0 Å². The molecule has 0 radical (unpaired) electrons. The van der Waals surface area contributed by atoms with Crippen LogP contribution in [0.25, 0.3) is 0 Å². The lowest BCUT2D eigenvalue weighted by Crippen LogP contribution is -2.43. The summed E-state index contributed by atoms with van der Waals surface area (Å²) in [6.07, 6.45) is 1.55. The van der Waals surface area contributed by atoms with Gasteiger partial charge in [0.25, 0.3) is 0 Å². The topological polar surface area (TPSA) is 67.1 Å². The second-order valence-electron chi connectivity index (χ2n) is 6.33. The largest absolute Gasteiger partial charge is 0.356 e. The summed E-state index contributed by atoms with van der Waals surface area (Å²) >= 11 is 0. The van der Waals surface area contributed by atoms with Crippen molar-refractivity contribution in [1.82, 2.24) is 25.4 Å². The molecule has 0 aliphatic rings. The molecule has 0 aliphatic heterocycles. The number of aryl methyl sites for hydroxylation is 2. The van der Waals surface area contributed by atoms with Gasteiger partial charge in [-0.15, -0.1) is 0 Å². The van der Waals surface area contributed by atoms with Crippen LogP contribution in [0.3, 0.4) is 0 Å². The predicted octanol–water partition coefficient (Wildman–Crippen LogP) is 1.77. The number of rotatable bonds is 5. The van der Waals surface area contributed by atoms with Crippen LogP contribution in [-0.2, 0) is 19.0 Å². The van der Waals surface area contributed by atoms with Crippen molar-refractivity contribution in [3.05, 3.63) is 47.5 Å². The minimum absolute atomic E-state index is 0.0100. The molecule has 2 rings (SSSR count). The Balaban J connectivity index is 1.91. The van der Waals surface area contributed by atoms with Gasteiger partial charge in [-0.05, 0) is 12.5 Å². The van der Waals surface area contributed by atoms with Crippen LogP contribution < -0.4 is 10.6 Å². The number of aliphatic imine (C=N–C) groups is 1. The van der Waals surface area contributed by atoms with E-state index in [0.717, 1.165) is 18.3 Å². The molecule has 0 fully saturated rings. The van der Waals surface area contributed by atoms with E-state index in [2.05, 4.69) is 70.7 Å². The van der Waals surface area contributed by atoms with Crippen LogP contribution in [0.15, 0.2) is 35.6 Å². The van der Waals surface area contributed by atoms with E-state index in [0.29, 0.717) is 6.54 Å². The third-order valence-electron chi connectivity index (χ3n) is 3.97. The maximum absolute atomic E-state index is 4.26. The molecule has 0 unspecified atom stereocenters. The molecule has 0 amide bonds. The normalized spacial score (nSPS) is 12.3. The highest BCUT2D eigenvalue weighted by Crippen LogP contribution is 2.22. The summed E-state index contributed by atoms with van der Waals surface area (Å²) in [6, 6.07) is 8.68. The van der Waals surface area contributed by atoms with Crippen molar-refractivity contribution in [3.8, 4) is 0 Å². The van der Waals surface area contributed by atoms with Gasteiger partial charge in [0.2, 0.25) is 0 Å². The van der Waals surface area contributed by atoms with Gasteiger partial charge in [-0.1, -0.05) is 43.7 Å². The molecule has 124 valence electrons. The van der Waals surface area contributed by atoms with E-state index in [1.807, 2.05) is 7.05 Å². The van der Waals surface area contributed by atoms with E-state index in [1.54, 1.807) is 18.1 Å². The van der Waals surface area contributed by atoms with E-state index in [9.17, 15) is 0 Å². The van der Waals surface area contributed by atoms with E-state index >= 15 is 0 Å². The first-order valence-electron chi connectivity index (χ1n) is 7.77. The Bertz CT molecular complexity index is 654. The third kappa shape index (κ3) is 4.55. The molecule has 1 heterocycles. The van der Waals surface area contributed by atoms with E-state index in [-0.39, 0.29) is 5.41 Å². The van der Waals surface area contributed by atoms with Crippen molar-refractivity contribution in [3.63, 3.8) is 0 Å². The fourth-order valence-corrected chi connectivity index (χ4v) is 2.28. The Morgan fingerprint density at radius 3 is 2.48 bits per heavy atom. The molecule has 0 atom stereocenters. The number of hydrogen-bond acceptors (Lipinski definition) is 3. The number of benzene rings is 1. The van der Waals surface area contributed by atoms with Crippen molar-refractivity contribution in [1.29, 1.82) is 0 Å². The molecular formula is C17H26N6. The molecule has 23 heavy (non-hydrogen) atoms. The Kier molecular flexibility index (Phi) is 5.36. The van der Waals surface area contributed by atoms with Crippen LogP contribution >= 0.6 is 0 Å². The minimum atomic E-state index is 0.0100. The summed E-state index contributed by atoms with van der Waals surface area (Å²) in [5, 5.41) is 10.7. The third-order valence-corrected chi connectivity index (χ3v) is 3.97. The van der Waals surface area contributed by atoms with Gasteiger partial charge in [0.1, 0.15) is 12.2 Å². The SMILES string of the molecule is CN=C(NCc1ncnn1C)NCC(C)(C)c1ccc(C)cc1. The highest BCUT2D eigenvalue weighted by molar-refractivity contribution is 5.79. The molecular weight excluding hydrogens is 288 g/mol. The number of aromatic nitrogens is 3. The molecule has 6 nitrogen and oxygen atoms in total. The fraction of sp³-hybridized carbons (Fsp3) is 0.471. The molecule has 0 spiro atoms. The number of nitrogens with zero attached hydrogens (tertiary/aromatic N) is 4. The highest BCUT2D eigenvalue weighted by Gasteiger charge is 2.20. The monoisotopic (exact) mass is 314 g/mol. The Morgan fingerprint density at radius 2 is 1.91 bits per heavy atom. The molecule has 0 saturated heterocycles. The maximum atomic E-state index is 4.26. The number of nitrogens with one attached hydrogen (secondary N) is 2. The Labute approximate surface area is 138 Å². The molecule has 1 aromatic heterocycles. The smallest absolute Gasteiger partial charge is 0.191 e. The molecule has 2 N–H and O–H groups in total. The fourth-order valence-electron chi connectivity index (χ4n) is 2.28. The zero-order chi connectivity index (χ0) is 16.9. The molecule has 2 aromatic rings. The van der Waals surface area contributed by atoms with Crippen LogP contribution in [0, 0.1) is 6.92 Å². The van der Waals surface area contributed by atoms with E-state index in [4.69, 9.17) is 0 Å². The predicted molar refractivity (Wildman–Crippen MR) is 93.4 cm³/mol. The highest BCUT2D eigenvalue weighted by atomic mass is 15.3. The zero-order valence-corrected chi connectivity index (χ0v) is 14.6. The molecule has 1 aromatic carbocycles. The van der Waals surface area contributed by atoms with Gasteiger partial charge in [0.05, 0.1) is 6.54 Å². The quantitative estimate of drug-likeness (QED) is 0.652. The van der Waals surface area contributed by atoms with Gasteiger partial charge >= 0.3 is 0 Å². The summed E-state index contributed by atoms with van der Waals surface area (Å²) < 4.78 is 1.75. The zero-order valence-electron chi connectivity index (χ0n) is 14.6. The van der Waals surface area contributed by atoms with Crippen molar-refractivity contribution in [2.75, 3.05) is 13.6 Å². The first-order valence-corrected chi connectivity index (χ1v) is 7.77. The van der Waals surface area contributed by atoms with Crippen molar-refractivity contribution < 1.29 is 0 Å². The van der Waals surface area contributed by atoms with Crippen LogP contribution in [0.5, 0.6) is 0 Å². The van der Waals surface area contributed by atoms with Gasteiger partial charge in [-0.3, -0.25) is 9.67 Å². The van der Waals surface area contributed by atoms with E-state index in [1.165, 1.54) is 11.1 Å². The Hall–Kier alpha value is -2.37. The minimum Gasteiger partial charge on any atom is -0.356 e. The number of hydrogen-bond donors (Lipinski definition) is 2. The average Bonchev–Trinajstić information content (AvgIpc) is 2.93. The molecule has 0 saturated carbocycles. The summed E-state index contributed by atoms with van der Waals surface area (Å²) in [5.74, 6) is 1.62. The second-order valence-corrected chi connectivity index (χ2v) is 6.33. The summed E-state index contributed by atoms with van der Waals surface area (Å²) in [5.41, 5.74) is 2.59. The standard InChI is InChI=1S/C17H26N6/c1-13-6-8-14(9-7-13)17(2,3)11-20-16(18-4)19-10-15-21-12-22-23(15)5/h6-9,12H,10-11H2,1-5H3,(H2,18,19,20). The van der Waals surface area contributed by atoms with Gasteiger partial charge in [-0.2, -0.15) is 5.10 Å². The van der Waals surface area contributed by atoms with Gasteiger partial charge < -0.3 is 10.6 Å². The van der Waals surface area contributed by atoms with Gasteiger partial charge in [0, 0.05) is 26.1 Å². The lowest BCUT2D eigenvalue weighted by molar-refractivity contribution is 0.508.